The minimum Gasteiger partial charge on any atom is -0.360 e. The quantitative estimate of drug-likeness (QED) is 0.657. The van der Waals surface area contributed by atoms with E-state index in [1.165, 1.54) is 30.5 Å². The van der Waals surface area contributed by atoms with Crippen molar-refractivity contribution in [2.75, 3.05) is 0 Å². The fraction of sp³-hybridized carbons (Fsp3) is 0.0714. The van der Waals surface area contributed by atoms with Gasteiger partial charge in [0.05, 0.1) is 17.7 Å². The Morgan fingerprint density at radius 2 is 1.65 bits per heavy atom. The first-order valence-corrected chi connectivity index (χ1v) is 7.79. The van der Waals surface area contributed by atoms with Crippen molar-refractivity contribution < 1.29 is 26.7 Å². The zero-order valence-corrected chi connectivity index (χ0v) is 12.4. The summed E-state index contributed by atoms with van der Waals surface area (Å²) in [5.74, 6) is -1.27. The number of hydrogen-bond acceptors (Lipinski definition) is 6. The topological polar surface area (TPSA) is 114 Å². The summed E-state index contributed by atoms with van der Waals surface area (Å²) < 4.78 is 34.9. The van der Waals surface area contributed by atoms with E-state index in [-0.39, 0.29) is 29.1 Å². The third kappa shape index (κ3) is 2.91. The third-order valence-corrected chi connectivity index (χ3v) is 3.62. The highest BCUT2D eigenvalue weighted by Gasteiger charge is 2.35. The molecule has 1 aliphatic rings. The fourth-order valence-electron chi connectivity index (χ4n) is 2.26. The van der Waals surface area contributed by atoms with Gasteiger partial charge in [0.25, 0.3) is 11.8 Å². The van der Waals surface area contributed by atoms with Crippen LogP contribution in [0.1, 0.15) is 26.4 Å². The predicted molar refractivity (Wildman–Crippen MR) is 77.1 cm³/mol. The highest BCUT2D eigenvalue weighted by molar-refractivity contribution is 7.81. The number of benzene rings is 1. The Hall–Kier alpha value is -2.78. The van der Waals surface area contributed by atoms with Crippen molar-refractivity contribution >= 4 is 22.2 Å². The Balaban J connectivity index is 1.93. The van der Waals surface area contributed by atoms with Gasteiger partial charge in [-0.05, 0) is 24.3 Å². The number of hydrogen-bond donors (Lipinski definition) is 1. The van der Waals surface area contributed by atoms with Crippen molar-refractivity contribution in [3.05, 3.63) is 59.4 Å². The van der Waals surface area contributed by atoms with Crippen molar-refractivity contribution in [1.82, 2.24) is 9.88 Å². The van der Waals surface area contributed by atoms with E-state index < -0.39 is 22.2 Å². The SMILES string of the molecule is O=C1c2ccccc2C(=O)N1Cc1ncccc1OS(=O)(=O)O. The van der Waals surface area contributed by atoms with Crippen LogP contribution in [0.4, 0.5) is 0 Å². The number of nitrogens with zero attached hydrogens (tertiary/aromatic N) is 2. The van der Waals surface area contributed by atoms with Gasteiger partial charge >= 0.3 is 10.4 Å². The Morgan fingerprint density at radius 1 is 1.04 bits per heavy atom. The van der Waals surface area contributed by atoms with Gasteiger partial charge in [0.15, 0.2) is 5.75 Å². The number of fused-ring (bicyclic) bond motifs is 1. The van der Waals surface area contributed by atoms with Crippen LogP contribution >= 0.6 is 0 Å². The number of carbonyl (C=O) groups is 2. The molecule has 0 radical (unpaired) electrons. The largest absolute Gasteiger partial charge is 0.446 e. The predicted octanol–water partition coefficient (Wildman–Crippen LogP) is 1.06. The molecule has 1 aromatic heterocycles. The van der Waals surface area contributed by atoms with Crippen molar-refractivity contribution in [1.29, 1.82) is 0 Å². The molecule has 0 fully saturated rings. The van der Waals surface area contributed by atoms with Gasteiger partial charge in [-0.2, -0.15) is 8.42 Å². The van der Waals surface area contributed by atoms with Gasteiger partial charge in [-0.15, -0.1) is 0 Å². The molecule has 1 N–H and O–H groups in total. The van der Waals surface area contributed by atoms with Crippen molar-refractivity contribution in [3.8, 4) is 5.75 Å². The molecular weight excluding hydrogens is 324 g/mol. The minimum absolute atomic E-state index is 0.0274. The summed E-state index contributed by atoms with van der Waals surface area (Å²) in [5.41, 5.74) is 0.566. The molecule has 9 heteroatoms. The summed E-state index contributed by atoms with van der Waals surface area (Å²) >= 11 is 0. The zero-order chi connectivity index (χ0) is 16.6. The molecule has 0 atom stereocenters. The molecule has 2 heterocycles. The van der Waals surface area contributed by atoms with E-state index in [4.69, 9.17) is 4.55 Å². The number of rotatable bonds is 4. The van der Waals surface area contributed by atoms with Gasteiger partial charge in [-0.3, -0.25) is 24.0 Å². The average Bonchev–Trinajstić information content (AvgIpc) is 2.73. The number of aromatic nitrogens is 1. The van der Waals surface area contributed by atoms with E-state index in [9.17, 15) is 18.0 Å². The van der Waals surface area contributed by atoms with Crippen molar-refractivity contribution in [2.24, 2.45) is 0 Å². The molecule has 0 saturated carbocycles. The molecule has 3 rings (SSSR count). The van der Waals surface area contributed by atoms with Gasteiger partial charge < -0.3 is 4.18 Å². The van der Waals surface area contributed by atoms with E-state index >= 15 is 0 Å². The van der Waals surface area contributed by atoms with Gasteiger partial charge in [0, 0.05) is 6.20 Å². The first-order valence-electron chi connectivity index (χ1n) is 6.43. The van der Waals surface area contributed by atoms with Crippen LogP contribution < -0.4 is 4.18 Å². The van der Waals surface area contributed by atoms with Crippen LogP contribution in [0.3, 0.4) is 0 Å². The minimum atomic E-state index is -4.74. The molecule has 8 nitrogen and oxygen atoms in total. The standard InChI is InChI=1S/C14H10N2O6S/c17-13-9-4-1-2-5-10(9)14(18)16(13)8-11-12(6-3-7-15-11)22-23(19,20)21/h1-7H,8H2,(H,19,20,21). The monoisotopic (exact) mass is 334 g/mol. The van der Waals surface area contributed by atoms with Crippen LogP contribution in [0.2, 0.25) is 0 Å². The summed E-state index contributed by atoms with van der Waals surface area (Å²) in [7, 11) is -4.74. The second-order valence-corrected chi connectivity index (χ2v) is 5.72. The lowest BCUT2D eigenvalue weighted by Crippen LogP contribution is -2.29. The smallest absolute Gasteiger partial charge is 0.360 e. The van der Waals surface area contributed by atoms with Gasteiger partial charge in [0.1, 0.15) is 5.69 Å². The average molecular weight is 334 g/mol. The molecule has 0 saturated heterocycles. The van der Waals surface area contributed by atoms with E-state index in [1.807, 2.05) is 0 Å². The molecule has 0 unspecified atom stereocenters. The molecule has 0 spiro atoms. The molecule has 0 bridgehead atoms. The molecule has 2 aromatic rings. The summed E-state index contributed by atoms with van der Waals surface area (Å²) in [6.07, 6.45) is 1.35. The third-order valence-electron chi connectivity index (χ3n) is 3.23. The highest BCUT2D eigenvalue weighted by atomic mass is 32.3. The molecule has 2 amide bonds. The van der Waals surface area contributed by atoms with Crippen LogP contribution in [0.15, 0.2) is 42.6 Å². The highest BCUT2D eigenvalue weighted by Crippen LogP contribution is 2.26. The Kier molecular flexibility index (Phi) is 3.58. The van der Waals surface area contributed by atoms with Crippen LogP contribution in [0, 0.1) is 0 Å². The van der Waals surface area contributed by atoms with E-state index in [2.05, 4.69) is 9.17 Å². The fourth-order valence-corrected chi connectivity index (χ4v) is 2.64. The molecule has 1 aromatic carbocycles. The van der Waals surface area contributed by atoms with Gasteiger partial charge in [-0.25, -0.2) is 0 Å². The maximum absolute atomic E-state index is 12.3. The first kappa shape index (κ1) is 15.1. The zero-order valence-electron chi connectivity index (χ0n) is 11.5. The second kappa shape index (κ2) is 5.45. The maximum atomic E-state index is 12.3. The molecular formula is C14H10N2O6S. The number of imide groups is 1. The van der Waals surface area contributed by atoms with Crippen LogP contribution in [-0.2, 0) is 16.9 Å². The lowest BCUT2D eigenvalue weighted by molar-refractivity contribution is 0.0640. The summed E-state index contributed by atoms with van der Waals surface area (Å²) in [6, 6.07) is 9.00. The Morgan fingerprint density at radius 3 is 2.22 bits per heavy atom. The second-order valence-electron chi connectivity index (χ2n) is 4.70. The molecule has 23 heavy (non-hydrogen) atoms. The Labute approximate surface area is 131 Å². The first-order chi connectivity index (χ1) is 10.9. The normalized spacial score (nSPS) is 14.0. The number of pyridine rings is 1. The van der Waals surface area contributed by atoms with Gasteiger partial charge in [-0.1, -0.05) is 12.1 Å². The summed E-state index contributed by atoms with van der Waals surface area (Å²) in [5, 5.41) is 0. The Bertz CT molecular complexity index is 874. The molecule has 118 valence electrons. The number of amides is 2. The summed E-state index contributed by atoms with van der Waals surface area (Å²) in [4.78, 5) is 29.4. The van der Waals surface area contributed by atoms with E-state index in [0.29, 0.717) is 0 Å². The van der Waals surface area contributed by atoms with Crippen LogP contribution in [0.25, 0.3) is 0 Å². The van der Waals surface area contributed by atoms with Crippen LogP contribution in [0.5, 0.6) is 5.75 Å². The van der Waals surface area contributed by atoms with E-state index in [0.717, 1.165) is 4.90 Å². The molecule has 0 aliphatic carbocycles. The van der Waals surface area contributed by atoms with Crippen molar-refractivity contribution in [2.45, 2.75) is 6.54 Å². The molecule has 1 aliphatic heterocycles. The number of carbonyl (C=O) groups excluding carboxylic acids is 2. The van der Waals surface area contributed by atoms with Crippen LogP contribution in [-0.4, -0.2) is 34.7 Å². The lowest BCUT2D eigenvalue weighted by Gasteiger charge is -2.15. The van der Waals surface area contributed by atoms with Gasteiger partial charge in [0.2, 0.25) is 0 Å². The maximum Gasteiger partial charge on any atom is 0.446 e. The lowest BCUT2D eigenvalue weighted by atomic mass is 10.1. The summed E-state index contributed by atoms with van der Waals surface area (Å²) in [6.45, 7) is -0.280. The van der Waals surface area contributed by atoms with E-state index in [1.54, 1.807) is 12.1 Å². The van der Waals surface area contributed by atoms with Crippen molar-refractivity contribution in [3.63, 3.8) is 0 Å².